The Morgan fingerprint density at radius 2 is 2.30 bits per heavy atom. The highest BCUT2D eigenvalue weighted by Gasteiger charge is 2.35. The van der Waals surface area contributed by atoms with Gasteiger partial charge in [-0.1, -0.05) is 6.92 Å². The molecule has 1 amide bonds. The number of likely N-dealkylation sites (tertiary alicyclic amines) is 1. The van der Waals surface area contributed by atoms with Gasteiger partial charge in [0.1, 0.15) is 5.75 Å². The van der Waals surface area contributed by atoms with Crippen molar-refractivity contribution in [1.29, 1.82) is 0 Å². The molecule has 0 bridgehead atoms. The third kappa shape index (κ3) is 3.48. The number of carbonyl (C=O) groups is 1. The molecular formula is C17H25N3O3. The van der Waals surface area contributed by atoms with E-state index in [1.54, 1.807) is 25.6 Å². The van der Waals surface area contributed by atoms with Crippen LogP contribution in [0.3, 0.4) is 0 Å². The van der Waals surface area contributed by atoms with Crippen LogP contribution in [0.2, 0.25) is 0 Å². The molecule has 2 aliphatic rings. The molecule has 1 aromatic heterocycles. The molecule has 0 N–H and O–H groups in total. The fourth-order valence-corrected chi connectivity index (χ4v) is 3.48. The summed E-state index contributed by atoms with van der Waals surface area (Å²) in [5.41, 5.74) is 0.574. The van der Waals surface area contributed by atoms with Crippen LogP contribution >= 0.6 is 0 Å². The van der Waals surface area contributed by atoms with Crippen LogP contribution in [0.5, 0.6) is 5.75 Å². The molecule has 0 spiro atoms. The number of piperidine rings is 1. The standard InChI is InChI=1S/C17H25N3O3/c1-3-19-8-9-23-16-12-20(7-5-13(16)11-19)17(21)14-4-6-18-10-15(14)22-2/h4,6,10,13,16H,3,5,7-9,11-12H2,1-2H3. The number of carbonyl (C=O) groups excluding carboxylic acids is 1. The number of aromatic nitrogens is 1. The number of methoxy groups -OCH3 is 1. The lowest BCUT2D eigenvalue weighted by Gasteiger charge is -2.38. The van der Waals surface area contributed by atoms with Gasteiger partial charge in [-0.25, -0.2) is 0 Å². The first-order valence-corrected chi connectivity index (χ1v) is 8.34. The second-order valence-corrected chi connectivity index (χ2v) is 6.18. The Kier molecular flexibility index (Phi) is 5.13. The molecular weight excluding hydrogens is 294 g/mol. The highest BCUT2D eigenvalue weighted by Crippen LogP contribution is 2.26. The Bertz CT molecular complexity index is 552. The molecule has 0 aliphatic carbocycles. The van der Waals surface area contributed by atoms with Crippen molar-refractivity contribution in [2.24, 2.45) is 5.92 Å². The molecule has 0 saturated carbocycles. The number of likely N-dealkylation sites (N-methyl/N-ethyl adjacent to an activating group) is 1. The minimum atomic E-state index is 0.00268. The van der Waals surface area contributed by atoms with Crippen LogP contribution in [0.15, 0.2) is 18.5 Å². The summed E-state index contributed by atoms with van der Waals surface area (Å²) in [5, 5.41) is 0. The topological polar surface area (TPSA) is 54.9 Å². The van der Waals surface area contributed by atoms with Crippen LogP contribution in [0.4, 0.5) is 0 Å². The summed E-state index contributed by atoms with van der Waals surface area (Å²) in [6.45, 7) is 7.48. The average molecular weight is 319 g/mol. The normalized spacial score (nSPS) is 25.6. The van der Waals surface area contributed by atoms with Crippen molar-refractivity contribution in [2.75, 3.05) is 46.4 Å². The van der Waals surface area contributed by atoms with Gasteiger partial charge >= 0.3 is 0 Å². The third-order valence-electron chi connectivity index (χ3n) is 4.90. The average Bonchev–Trinajstić information content (AvgIpc) is 2.82. The summed E-state index contributed by atoms with van der Waals surface area (Å²) in [4.78, 5) is 21.2. The van der Waals surface area contributed by atoms with Gasteiger partial charge in [-0.3, -0.25) is 9.78 Å². The van der Waals surface area contributed by atoms with Gasteiger partial charge in [0.2, 0.25) is 0 Å². The fraction of sp³-hybridized carbons (Fsp3) is 0.647. The van der Waals surface area contributed by atoms with Crippen LogP contribution in [-0.4, -0.2) is 73.2 Å². The predicted octanol–water partition coefficient (Wildman–Crippen LogP) is 1.27. The summed E-state index contributed by atoms with van der Waals surface area (Å²) in [7, 11) is 1.56. The molecule has 0 aromatic carbocycles. The van der Waals surface area contributed by atoms with Crippen LogP contribution in [0.1, 0.15) is 23.7 Å². The Balaban J connectivity index is 1.70. The fourth-order valence-electron chi connectivity index (χ4n) is 3.48. The minimum Gasteiger partial charge on any atom is -0.494 e. The lowest BCUT2D eigenvalue weighted by molar-refractivity contribution is -0.0171. The monoisotopic (exact) mass is 319 g/mol. The van der Waals surface area contributed by atoms with Gasteiger partial charge in [0.25, 0.3) is 5.91 Å². The molecule has 3 heterocycles. The van der Waals surface area contributed by atoms with Crippen LogP contribution in [0.25, 0.3) is 0 Å². The second kappa shape index (κ2) is 7.27. The van der Waals surface area contributed by atoms with E-state index in [2.05, 4.69) is 16.8 Å². The van der Waals surface area contributed by atoms with Crippen molar-refractivity contribution in [1.82, 2.24) is 14.8 Å². The predicted molar refractivity (Wildman–Crippen MR) is 86.7 cm³/mol. The lowest BCUT2D eigenvalue weighted by Crippen LogP contribution is -2.49. The van der Waals surface area contributed by atoms with E-state index in [9.17, 15) is 4.79 Å². The van der Waals surface area contributed by atoms with Crippen molar-refractivity contribution in [3.05, 3.63) is 24.0 Å². The third-order valence-corrected chi connectivity index (χ3v) is 4.90. The van der Waals surface area contributed by atoms with Crippen molar-refractivity contribution in [3.63, 3.8) is 0 Å². The smallest absolute Gasteiger partial charge is 0.257 e. The number of hydrogen-bond acceptors (Lipinski definition) is 5. The summed E-state index contributed by atoms with van der Waals surface area (Å²) in [6.07, 6.45) is 4.34. The maximum atomic E-state index is 12.8. The Hall–Kier alpha value is -1.66. The Morgan fingerprint density at radius 3 is 3.09 bits per heavy atom. The van der Waals surface area contributed by atoms with E-state index in [4.69, 9.17) is 9.47 Å². The van der Waals surface area contributed by atoms with Gasteiger partial charge in [0, 0.05) is 38.3 Å². The molecule has 6 heteroatoms. The zero-order chi connectivity index (χ0) is 16.2. The van der Waals surface area contributed by atoms with E-state index < -0.39 is 0 Å². The number of ether oxygens (including phenoxy) is 2. The SMILES string of the molecule is CCN1CCOC2CN(C(=O)c3ccncc3OC)CCC2C1. The minimum absolute atomic E-state index is 0.00268. The van der Waals surface area contributed by atoms with E-state index in [-0.39, 0.29) is 12.0 Å². The first kappa shape index (κ1) is 16.2. The van der Waals surface area contributed by atoms with Crippen LogP contribution < -0.4 is 4.74 Å². The highest BCUT2D eigenvalue weighted by molar-refractivity contribution is 5.96. The van der Waals surface area contributed by atoms with Gasteiger partial charge < -0.3 is 19.3 Å². The van der Waals surface area contributed by atoms with Gasteiger partial charge in [-0.15, -0.1) is 0 Å². The van der Waals surface area contributed by atoms with Gasteiger partial charge in [0.05, 0.1) is 31.6 Å². The van der Waals surface area contributed by atoms with Gasteiger partial charge in [-0.05, 0) is 19.0 Å². The number of fused-ring (bicyclic) bond motifs is 1. The first-order valence-electron chi connectivity index (χ1n) is 8.34. The van der Waals surface area contributed by atoms with Crippen molar-refractivity contribution < 1.29 is 14.3 Å². The lowest BCUT2D eigenvalue weighted by atomic mass is 9.93. The number of hydrogen-bond donors (Lipinski definition) is 0. The maximum absolute atomic E-state index is 12.8. The zero-order valence-electron chi connectivity index (χ0n) is 13.9. The summed E-state index contributed by atoms with van der Waals surface area (Å²) >= 11 is 0. The molecule has 126 valence electrons. The van der Waals surface area contributed by atoms with Crippen LogP contribution in [0, 0.1) is 5.92 Å². The quantitative estimate of drug-likeness (QED) is 0.840. The molecule has 0 radical (unpaired) electrons. The van der Waals surface area contributed by atoms with Crippen molar-refractivity contribution in [3.8, 4) is 5.75 Å². The number of rotatable bonds is 3. The molecule has 2 atom stereocenters. The largest absolute Gasteiger partial charge is 0.494 e. The summed E-state index contributed by atoms with van der Waals surface area (Å²) in [6, 6.07) is 1.72. The van der Waals surface area contributed by atoms with E-state index >= 15 is 0 Å². The first-order chi connectivity index (χ1) is 11.2. The van der Waals surface area contributed by atoms with Crippen molar-refractivity contribution in [2.45, 2.75) is 19.4 Å². The Morgan fingerprint density at radius 1 is 1.43 bits per heavy atom. The zero-order valence-corrected chi connectivity index (χ0v) is 13.9. The second-order valence-electron chi connectivity index (χ2n) is 6.18. The van der Waals surface area contributed by atoms with E-state index in [1.807, 2.05) is 4.90 Å². The summed E-state index contributed by atoms with van der Waals surface area (Å²) in [5.74, 6) is 1.04. The number of amides is 1. The molecule has 6 nitrogen and oxygen atoms in total. The highest BCUT2D eigenvalue weighted by atomic mass is 16.5. The number of nitrogens with zero attached hydrogens (tertiary/aromatic N) is 3. The molecule has 23 heavy (non-hydrogen) atoms. The molecule has 2 unspecified atom stereocenters. The molecule has 2 aliphatic heterocycles. The Labute approximate surface area is 137 Å². The molecule has 1 aromatic rings. The molecule has 2 fully saturated rings. The van der Waals surface area contributed by atoms with Gasteiger partial charge in [-0.2, -0.15) is 0 Å². The van der Waals surface area contributed by atoms with Crippen molar-refractivity contribution >= 4 is 5.91 Å². The van der Waals surface area contributed by atoms with Crippen LogP contribution in [-0.2, 0) is 4.74 Å². The maximum Gasteiger partial charge on any atom is 0.257 e. The van der Waals surface area contributed by atoms with Gasteiger partial charge in [0.15, 0.2) is 0 Å². The van der Waals surface area contributed by atoms with E-state index in [0.29, 0.717) is 23.8 Å². The van der Waals surface area contributed by atoms with E-state index in [0.717, 1.165) is 39.2 Å². The molecule has 2 saturated heterocycles. The number of pyridine rings is 1. The molecule has 3 rings (SSSR count). The summed E-state index contributed by atoms with van der Waals surface area (Å²) < 4.78 is 11.3. The van der Waals surface area contributed by atoms with E-state index in [1.165, 1.54) is 0 Å².